The maximum Gasteiger partial charge on any atom is 0.238 e. The van der Waals surface area contributed by atoms with Gasteiger partial charge in [0.2, 0.25) is 27.7 Å². The summed E-state index contributed by atoms with van der Waals surface area (Å²) in [5, 5.41) is 7.97. The molecule has 1 atom stereocenters. The second kappa shape index (κ2) is 9.19. The van der Waals surface area contributed by atoms with Gasteiger partial charge in [-0.2, -0.15) is 0 Å². The van der Waals surface area contributed by atoms with Crippen LogP contribution in [0.2, 0.25) is 0 Å². The van der Waals surface area contributed by atoms with E-state index in [1.807, 2.05) is 20.8 Å². The van der Waals surface area contributed by atoms with Crippen molar-refractivity contribution in [2.45, 2.75) is 57.0 Å². The van der Waals surface area contributed by atoms with Crippen molar-refractivity contribution < 1.29 is 22.8 Å². The smallest absolute Gasteiger partial charge is 0.238 e. The molecule has 3 N–H and O–H groups in total. The predicted octanol–water partition coefficient (Wildman–Crippen LogP) is 0.836. The second-order valence-electron chi connectivity index (χ2n) is 9.58. The van der Waals surface area contributed by atoms with Gasteiger partial charge in [0.05, 0.1) is 10.8 Å². The number of carbonyl (C=O) groups is 3. The number of primary sulfonamides is 1. The number of hydrogen-bond acceptors (Lipinski definition) is 5. The van der Waals surface area contributed by atoms with E-state index in [-0.39, 0.29) is 53.0 Å². The highest BCUT2D eigenvalue weighted by Crippen LogP contribution is 2.28. The van der Waals surface area contributed by atoms with Crippen molar-refractivity contribution in [1.82, 2.24) is 15.1 Å². The van der Waals surface area contributed by atoms with Gasteiger partial charge in [0.15, 0.2) is 0 Å². The summed E-state index contributed by atoms with van der Waals surface area (Å²) in [6.07, 6.45) is 1.40. The summed E-state index contributed by atoms with van der Waals surface area (Å²) in [6, 6.07) is 6.06. The number of carbonyl (C=O) groups excluding carboxylic acids is 3. The normalized spacial score (nSPS) is 20.5. The minimum Gasteiger partial charge on any atom is -0.352 e. The molecular formula is C22H32N4O5S. The van der Waals surface area contributed by atoms with Crippen LogP contribution in [0.15, 0.2) is 29.2 Å². The first kappa shape index (κ1) is 24.2. The van der Waals surface area contributed by atoms with Crippen LogP contribution in [0.3, 0.4) is 0 Å². The van der Waals surface area contributed by atoms with Gasteiger partial charge < -0.3 is 15.1 Å². The molecule has 176 valence electrons. The monoisotopic (exact) mass is 464 g/mol. The van der Waals surface area contributed by atoms with Crippen molar-refractivity contribution in [3.05, 3.63) is 29.8 Å². The Morgan fingerprint density at radius 1 is 1.09 bits per heavy atom. The van der Waals surface area contributed by atoms with Gasteiger partial charge in [0, 0.05) is 44.1 Å². The van der Waals surface area contributed by atoms with Crippen LogP contribution in [0.5, 0.6) is 0 Å². The van der Waals surface area contributed by atoms with Gasteiger partial charge in [0.1, 0.15) is 0 Å². The first-order chi connectivity index (χ1) is 14.9. The fourth-order valence-corrected chi connectivity index (χ4v) is 4.79. The van der Waals surface area contributed by atoms with Crippen LogP contribution < -0.4 is 10.5 Å². The van der Waals surface area contributed by atoms with E-state index in [4.69, 9.17) is 5.14 Å². The highest BCUT2D eigenvalue weighted by Gasteiger charge is 2.41. The summed E-state index contributed by atoms with van der Waals surface area (Å²) in [7, 11) is -3.74. The number of piperidine rings is 1. The summed E-state index contributed by atoms with van der Waals surface area (Å²) in [5.41, 5.74) is 0.475. The molecule has 0 saturated carbocycles. The number of rotatable bonds is 5. The third-order valence-corrected chi connectivity index (χ3v) is 7.11. The number of hydrogen-bond donors (Lipinski definition) is 2. The lowest BCUT2D eigenvalue weighted by Gasteiger charge is -2.34. The predicted molar refractivity (Wildman–Crippen MR) is 119 cm³/mol. The van der Waals surface area contributed by atoms with Gasteiger partial charge >= 0.3 is 0 Å². The largest absolute Gasteiger partial charge is 0.352 e. The van der Waals surface area contributed by atoms with Crippen LogP contribution in [0.1, 0.15) is 45.6 Å². The number of sulfonamides is 1. The van der Waals surface area contributed by atoms with Gasteiger partial charge in [-0.15, -0.1) is 0 Å². The van der Waals surface area contributed by atoms with Gasteiger partial charge in [-0.1, -0.05) is 12.1 Å². The summed E-state index contributed by atoms with van der Waals surface area (Å²) in [5.74, 6) is -0.560. The molecule has 0 aromatic heterocycles. The maximum atomic E-state index is 12.9. The molecule has 3 amide bonds. The second-order valence-corrected chi connectivity index (χ2v) is 11.1. The van der Waals surface area contributed by atoms with Crippen LogP contribution >= 0.6 is 0 Å². The fraction of sp³-hybridized carbons (Fsp3) is 0.591. The molecule has 32 heavy (non-hydrogen) atoms. The molecule has 0 spiro atoms. The Bertz CT molecular complexity index is 977. The Morgan fingerprint density at radius 2 is 1.69 bits per heavy atom. The molecule has 10 heteroatoms. The minimum absolute atomic E-state index is 0.00101. The third-order valence-electron chi connectivity index (χ3n) is 6.18. The highest BCUT2D eigenvalue weighted by molar-refractivity contribution is 7.89. The molecule has 0 radical (unpaired) electrons. The molecule has 9 nitrogen and oxygen atoms in total. The highest BCUT2D eigenvalue weighted by atomic mass is 32.2. The Balaban J connectivity index is 1.46. The van der Waals surface area contributed by atoms with Gasteiger partial charge in [-0.3, -0.25) is 14.4 Å². The van der Waals surface area contributed by atoms with E-state index in [0.717, 1.165) is 5.56 Å². The van der Waals surface area contributed by atoms with Crippen LogP contribution in [-0.2, 0) is 31.0 Å². The maximum absolute atomic E-state index is 12.9. The van der Waals surface area contributed by atoms with Crippen LogP contribution in [0.4, 0.5) is 0 Å². The summed E-state index contributed by atoms with van der Waals surface area (Å²) in [4.78, 5) is 41.3. The van der Waals surface area contributed by atoms with Gasteiger partial charge in [-0.05, 0) is 51.3 Å². The summed E-state index contributed by atoms with van der Waals surface area (Å²) < 4.78 is 22.6. The average molecular weight is 465 g/mol. The fourth-order valence-electron chi connectivity index (χ4n) is 4.27. The minimum atomic E-state index is -3.74. The first-order valence-electron chi connectivity index (χ1n) is 10.8. The SMILES string of the molecule is CC(C)(C)N1CC(C(=O)N2CCC(C(=O)NCc3ccc(S(N)(=O)=O)cc3)CC2)CC1=O. The molecule has 2 saturated heterocycles. The van der Waals surface area contributed by atoms with E-state index in [0.29, 0.717) is 32.5 Å². The number of nitrogens with two attached hydrogens (primary N) is 1. The van der Waals surface area contributed by atoms with E-state index in [2.05, 4.69) is 5.32 Å². The molecule has 0 bridgehead atoms. The Kier molecular flexibility index (Phi) is 6.94. The zero-order valence-corrected chi connectivity index (χ0v) is 19.7. The molecule has 2 aliphatic heterocycles. The van der Waals surface area contributed by atoms with Gasteiger partial charge in [0.25, 0.3) is 0 Å². The quantitative estimate of drug-likeness (QED) is 0.667. The zero-order valence-electron chi connectivity index (χ0n) is 18.8. The molecule has 3 rings (SSSR count). The average Bonchev–Trinajstić information content (AvgIpc) is 3.13. The Hall–Kier alpha value is -2.46. The standard InChI is InChI=1S/C22H32N4O5S/c1-22(2,3)26-14-17(12-19(26)27)21(29)25-10-8-16(9-11-25)20(28)24-13-15-4-6-18(7-5-15)32(23,30)31/h4-7,16-17H,8-14H2,1-3H3,(H,24,28)(H2,23,30,31). The number of benzene rings is 1. The molecule has 1 aromatic carbocycles. The van der Waals surface area contributed by atoms with E-state index < -0.39 is 10.0 Å². The molecule has 2 fully saturated rings. The topological polar surface area (TPSA) is 130 Å². The van der Waals surface area contributed by atoms with Crippen molar-refractivity contribution in [1.29, 1.82) is 0 Å². The van der Waals surface area contributed by atoms with Crippen molar-refractivity contribution in [2.24, 2.45) is 17.0 Å². The van der Waals surface area contributed by atoms with Crippen molar-refractivity contribution >= 4 is 27.7 Å². The van der Waals surface area contributed by atoms with Crippen molar-refractivity contribution in [3.8, 4) is 0 Å². The lowest BCUT2D eigenvalue weighted by molar-refractivity contribution is -0.139. The van der Waals surface area contributed by atoms with E-state index in [1.54, 1.807) is 21.9 Å². The third kappa shape index (κ3) is 5.66. The molecule has 0 aliphatic carbocycles. The number of amides is 3. The van der Waals surface area contributed by atoms with Crippen molar-refractivity contribution in [3.63, 3.8) is 0 Å². The van der Waals surface area contributed by atoms with E-state index >= 15 is 0 Å². The van der Waals surface area contributed by atoms with E-state index in [9.17, 15) is 22.8 Å². The number of nitrogens with one attached hydrogen (secondary N) is 1. The molecular weight excluding hydrogens is 432 g/mol. The summed E-state index contributed by atoms with van der Waals surface area (Å²) >= 11 is 0. The first-order valence-corrected chi connectivity index (χ1v) is 12.4. The van der Waals surface area contributed by atoms with Crippen LogP contribution in [0.25, 0.3) is 0 Å². The summed E-state index contributed by atoms with van der Waals surface area (Å²) in [6.45, 7) is 7.64. The molecule has 1 unspecified atom stereocenters. The van der Waals surface area contributed by atoms with E-state index in [1.165, 1.54) is 12.1 Å². The number of nitrogens with zero attached hydrogens (tertiary/aromatic N) is 2. The molecule has 1 aromatic rings. The number of likely N-dealkylation sites (tertiary alicyclic amines) is 2. The molecule has 2 heterocycles. The van der Waals surface area contributed by atoms with Gasteiger partial charge in [-0.25, -0.2) is 13.6 Å². The zero-order chi connectivity index (χ0) is 23.7. The lowest BCUT2D eigenvalue weighted by Crippen LogP contribution is -2.46. The van der Waals surface area contributed by atoms with Crippen LogP contribution in [0, 0.1) is 11.8 Å². The van der Waals surface area contributed by atoms with Crippen LogP contribution in [-0.4, -0.2) is 61.1 Å². The molecule has 2 aliphatic rings. The Labute approximate surface area is 189 Å². The van der Waals surface area contributed by atoms with Crippen molar-refractivity contribution in [2.75, 3.05) is 19.6 Å². The Morgan fingerprint density at radius 3 is 2.19 bits per heavy atom. The lowest BCUT2D eigenvalue weighted by atomic mass is 9.94.